The molecule has 2 rings (SSSR count). The average molecular weight is 672 g/mol. The number of esters is 2. The summed E-state index contributed by atoms with van der Waals surface area (Å²) in [7, 11) is 5.08. The van der Waals surface area contributed by atoms with Gasteiger partial charge in [-0.2, -0.15) is 0 Å². The van der Waals surface area contributed by atoms with Gasteiger partial charge in [0, 0.05) is 4.47 Å². The van der Waals surface area contributed by atoms with Crippen molar-refractivity contribution in [3.63, 3.8) is 0 Å². The van der Waals surface area contributed by atoms with Gasteiger partial charge in [0.1, 0.15) is 30.0 Å². The number of ether oxygens (including phenoxy) is 3. The predicted octanol–water partition coefficient (Wildman–Crippen LogP) is 3.28. The number of fused-ring (bicyclic) bond motifs is 1. The van der Waals surface area contributed by atoms with E-state index in [1.54, 1.807) is 6.07 Å². The number of Topliss-reactive ketones (excluding diaryl/α,β-unsaturated/α-hetero) is 1. The minimum atomic E-state index is -1.69. The lowest BCUT2D eigenvalue weighted by Gasteiger charge is -2.40. The molecule has 1 aliphatic heterocycles. The second-order valence-corrected chi connectivity index (χ2v) is 18.4. The van der Waals surface area contributed by atoms with E-state index < -0.39 is 28.6 Å². The van der Waals surface area contributed by atoms with Crippen LogP contribution in [0.4, 0.5) is 0 Å². The summed E-state index contributed by atoms with van der Waals surface area (Å²) in [6.45, 7) is 19.2. The Morgan fingerprint density at radius 2 is 1.27 bits per heavy atom. The molecule has 0 bridgehead atoms. The maximum absolute atomic E-state index is 14.1. The first-order chi connectivity index (χ1) is 18.4. The van der Waals surface area contributed by atoms with Gasteiger partial charge in [0.25, 0.3) is 0 Å². The maximum atomic E-state index is 14.1. The predicted molar refractivity (Wildman–Crippen MR) is 174 cm³/mol. The second kappa shape index (κ2) is 12.2. The lowest BCUT2D eigenvalue weighted by atomic mass is 9.80. The van der Waals surface area contributed by atoms with Gasteiger partial charge in [-0.05, 0) is 82.7 Å². The summed E-state index contributed by atoms with van der Waals surface area (Å²) in [5.74, 6) is -0.835. The standard InChI is InChI=1S/C30H51BrN2O6Si2/c1-18-13-20-21(19(2)22(18)31)23(34)30(39-20,16-37-24(35)28(9,32(11)40)14-26(3,4)5)17-38-25(36)29(10,33(12)41)15-27(6,7)8/h13H,14-17H2,1-12,40-41H3. The van der Waals surface area contributed by atoms with E-state index in [9.17, 15) is 14.4 Å². The topological polar surface area (TPSA) is 85.4 Å². The summed E-state index contributed by atoms with van der Waals surface area (Å²) in [4.78, 5) is 41.4. The molecule has 8 nitrogen and oxygen atoms in total. The lowest BCUT2D eigenvalue weighted by molar-refractivity contribution is -0.167. The molecule has 1 aromatic rings. The van der Waals surface area contributed by atoms with Gasteiger partial charge in [-0.25, -0.2) is 0 Å². The summed E-state index contributed by atoms with van der Waals surface area (Å²) in [6.07, 6.45) is 1.14. The summed E-state index contributed by atoms with van der Waals surface area (Å²) < 4.78 is 23.0. The molecule has 232 valence electrons. The lowest BCUT2D eigenvalue weighted by Crippen LogP contribution is -2.57. The molecule has 0 aromatic heterocycles. The molecule has 1 aliphatic rings. The van der Waals surface area contributed by atoms with E-state index in [4.69, 9.17) is 14.2 Å². The molecule has 0 radical (unpaired) electrons. The Morgan fingerprint density at radius 1 is 0.878 bits per heavy atom. The Hall–Kier alpha value is -1.54. The van der Waals surface area contributed by atoms with Crippen molar-refractivity contribution in [3.8, 4) is 5.75 Å². The first kappa shape index (κ1) is 35.7. The molecule has 41 heavy (non-hydrogen) atoms. The fourth-order valence-electron chi connectivity index (χ4n) is 5.57. The summed E-state index contributed by atoms with van der Waals surface area (Å²) >= 11 is 3.58. The second-order valence-electron chi connectivity index (χ2n) is 14.9. The van der Waals surface area contributed by atoms with Crippen molar-refractivity contribution in [2.75, 3.05) is 27.3 Å². The van der Waals surface area contributed by atoms with E-state index in [1.807, 2.05) is 50.9 Å². The Balaban J connectivity index is 2.49. The molecule has 11 heteroatoms. The summed E-state index contributed by atoms with van der Waals surface area (Å²) in [6, 6.07) is 1.79. The van der Waals surface area contributed by atoms with Gasteiger partial charge in [-0.3, -0.25) is 14.4 Å². The van der Waals surface area contributed by atoms with E-state index in [0.717, 1.165) is 15.6 Å². The minimum absolute atomic E-state index is 0.135. The number of hydrogen-bond donors (Lipinski definition) is 0. The van der Waals surface area contributed by atoms with E-state index in [1.165, 1.54) is 0 Å². The third-order valence-electron chi connectivity index (χ3n) is 8.07. The Bertz CT molecular complexity index is 1140. The Kier molecular flexibility index (Phi) is 10.6. The van der Waals surface area contributed by atoms with Crippen molar-refractivity contribution < 1.29 is 28.6 Å². The molecule has 2 atom stereocenters. The average Bonchev–Trinajstić information content (AvgIpc) is 3.08. The number of nitrogens with zero attached hydrogens (tertiary/aromatic N) is 2. The zero-order chi connectivity index (χ0) is 31.9. The van der Waals surface area contributed by atoms with Crippen LogP contribution in [-0.2, 0) is 19.1 Å². The summed E-state index contributed by atoms with van der Waals surface area (Å²) in [5.41, 5.74) is -1.68. The van der Waals surface area contributed by atoms with E-state index in [2.05, 4.69) is 57.5 Å². The number of likely N-dealkylation sites (N-methyl/N-ethyl adjacent to an activating group) is 2. The molecular weight excluding hydrogens is 620 g/mol. The van der Waals surface area contributed by atoms with Crippen molar-refractivity contribution in [3.05, 3.63) is 27.2 Å². The van der Waals surface area contributed by atoms with Gasteiger partial charge >= 0.3 is 11.9 Å². The summed E-state index contributed by atoms with van der Waals surface area (Å²) in [5, 5.41) is 0. The van der Waals surface area contributed by atoms with Crippen LogP contribution in [0.5, 0.6) is 5.75 Å². The van der Waals surface area contributed by atoms with Crippen LogP contribution in [0.15, 0.2) is 10.5 Å². The normalized spacial score (nSPS) is 20.5. The third kappa shape index (κ3) is 7.71. The fourth-order valence-corrected chi connectivity index (χ4v) is 6.56. The number of ketones is 1. The van der Waals surface area contributed by atoms with E-state index in [-0.39, 0.29) is 29.8 Å². The molecule has 0 amide bonds. The number of rotatable bonds is 10. The van der Waals surface area contributed by atoms with Gasteiger partial charge in [0.05, 0.1) is 26.4 Å². The first-order valence-corrected chi connectivity index (χ1v) is 16.7. The quantitative estimate of drug-likeness (QED) is 0.277. The largest absolute Gasteiger partial charge is 0.471 e. The van der Waals surface area contributed by atoms with Crippen LogP contribution in [0.1, 0.15) is 89.7 Å². The zero-order valence-electron chi connectivity index (χ0n) is 27.6. The van der Waals surface area contributed by atoms with Crippen LogP contribution in [0.3, 0.4) is 0 Å². The van der Waals surface area contributed by atoms with Gasteiger partial charge < -0.3 is 23.3 Å². The number of aryl methyl sites for hydroxylation is 1. The van der Waals surface area contributed by atoms with Crippen LogP contribution in [0.25, 0.3) is 0 Å². The number of carbonyl (C=O) groups excluding carboxylic acids is 3. The monoisotopic (exact) mass is 670 g/mol. The van der Waals surface area contributed by atoms with Crippen molar-refractivity contribution in [2.45, 2.75) is 98.8 Å². The van der Waals surface area contributed by atoms with Crippen molar-refractivity contribution in [2.24, 2.45) is 10.8 Å². The molecule has 2 unspecified atom stereocenters. The zero-order valence-corrected chi connectivity index (χ0v) is 33.2. The highest BCUT2D eigenvalue weighted by atomic mass is 79.9. The van der Waals surface area contributed by atoms with Crippen LogP contribution < -0.4 is 4.74 Å². The molecule has 0 saturated carbocycles. The maximum Gasteiger partial charge on any atom is 0.325 e. The van der Waals surface area contributed by atoms with E-state index in [0.29, 0.717) is 45.0 Å². The van der Waals surface area contributed by atoms with Crippen molar-refractivity contribution in [1.82, 2.24) is 9.13 Å². The van der Waals surface area contributed by atoms with Gasteiger partial charge in [0.2, 0.25) is 11.4 Å². The van der Waals surface area contributed by atoms with Gasteiger partial charge in [-0.15, -0.1) is 0 Å². The molecule has 0 spiro atoms. The van der Waals surface area contributed by atoms with Crippen LogP contribution in [0.2, 0.25) is 0 Å². The highest BCUT2D eigenvalue weighted by molar-refractivity contribution is 9.10. The molecule has 1 heterocycles. The van der Waals surface area contributed by atoms with Gasteiger partial charge in [0.15, 0.2) is 0 Å². The third-order valence-corrected chi connectivity index (χ3v) is 11.3. The highest BCUT2D eigenvalue weighted by Crippen LogP contribution is 2.42. The number of hydrogen-bond acceptors (Lipinski definition) is 8. The molecule has 0 N–H and O–H groups in total. The highest BCUT2D eigenvalue weighted by Gasteiger charge is 2.54. The Morgan fingerprint density at radius 3 is 1.61 bits per heavy atom. The molecular formula is C30H51BrN2O6Si2. The SMILES string of the molecule is Cc1cc2c(c(C)c1Br)C(=O)C(COC(=O)C(C)(CC(C)(C)C)N(C)[SiH3])(COC(=O)C(C)(CC(C)(C)C)N(C)[SiH3])O2. The van der Waals surface area contributed by atoms with Crippen LogP contribution in [-0.4, -0.2) is 91.6 Å². The first-order valence-electron chi connectivity index (χ1n) is 14.1. The van der Waals surface area contributed by atoms with Crippen molar-refractivity contribution >= 4 is 54.5 Å². The van der Waals surface area contributed by atoms with Gasteiger partial charge in [-0.1, -0.05) is 57.5 Å². The van der Waals surface area contributed by atoms with Crippen LogP contribution in [0, 0.1) is 24.7 Å². The minimum Gasteiger partial charge on any atom is -0.471 e. The molecule has 0 fully saturated rings. The molecule has 0 aliphatic carbocycles. The number of carbonyl (C=O) groups is 3. The number of benzene rings is 1. The van der Waals surface area contributed by atoms with E-state index >= 15 is 0 Å². The van der Waals surface area contributed by atoms with Crippen LogP contribution >= 0.6 is 15.9 Å². The molecule has 0 saturated heterocycles. The molecule has 1 aromatic carbocycles. The smallest absolute Gasteiger partial charge is 0.325 e. The van der Waals surface area contributed by atoms with Crippen molar-refractivity contribution in [1.29, 1.82) is 0 Å². The number of halogens is 1. The fraction of sp³-hybridized carbons (Fsp3) is 0.700. The Labute approximate surface area is 261 Å².